The summed E-state index contributed by atoms with van der Waals surface area (Å²) < 4.78 is 13.3. The molecule has 4 aromatic carbocycles. The van der Waals surface area contributed by atoms with Gasteiger partial charge in [-0.3, -0.25) is 9.98 Å². The molecule has 8 rings (SSSR count). The lowest BCUT2D eigenvalue weighted by molar-refractivity contribution is 0.285. The first-order chi connectivity index (χ1) is 23.1. The molecule has 8 heteroatoms. The van der Waals surface area contributed by atoms with E-state index in [1.807, 2.05) is 48.8 Å². The highest BCUT2D eigenvalue weighted by Crippen LogP contribution is 2.59. The van der Waals surface area contributed by atoms with Gasteiger partial charge in [-0.05, 0) is 73.0 Å². The molecule has 0 saturated heterocycles. The number of aliphatic imine (C=N–C) groups is 2. The monoisotopic (exact) mass is 622 g/mol. The number of benzene rings is 4. The molecular weight excluding hydrogens is 584 g/mol. The summed E-state index contributed by atoms with van der Waals surface area (Å²) in [5, 5.41) is 3.86. The summed E-state index contributed by atoms with van der Waals surface area (Å²) in [6.45, 7) is 5.25. The number of nitrogens with zero attached hydrogens (tertiary/aromatic N) is 5. The highest BCUT2D eigenvalue weighted by atomic mass is 16.5. The lowest BCUT2D eigenvalue weighted by atomic mass is 9.94. The summed E-state index contributed by atoms with van der Waals surface area (Å²) in [5.41, 5.74) is 8.06. The van der Waals surface area contributed by atoms with E-state index >= 15 is 0 Å². The molecule has 0 amide bonds. The minimum absolute atomic E-state index is 0.305. The molecular formula is C39H38N6O2. The first-order valence-electron chi connectivity index (χ1n) is 16.5. The Kier molecular flexibility index (Phi) is 7.40. The molecule has 0 fully saturated rings. The molecule has 0 radical (unpaired) electrons. The number of aryl methyl sites for hydroxylation is 1. The zero-order valence-corrected chi connectivity index (χ0v) is 26.9. The highest BCUT2D eigenvalue weighted by molar-refractivity contribution is 5.94. The summed E-state index contributed by atoms with van der Waals surface area (Å²) in [6.07, 6.45) is 14.4. The summed E-state index contributed by atoms with van der Waals surface area (Å²) in [6, 6.07) is 25.1. The fourth-order valence-corrected chi connectivity index (χ4v) is 6.94. The highest BCUT2D eigenvalue weighted by Gasteiger charge is 2.39. The molecule has 8 nitrogen and oxygen atoms in total. The summed E-state index contributed by atoms with van der Waals surface area (Å²) in [4.78, 5) is 17.0. The second kappa shape index (κ2) is 12.0. The number of ether oxygens (including phenoxy) is 2. The Bertz CT molecular complexity index is 1920. The van der Waals surface area contributed by atoms with Crippen molar-refractivity contribution in [3.8, 4) is 23.0 Å². The van der Waals surface area contributed by atoms with E-state index < -0.39 is 0 Å². The van der Waals surface area contributed by atoms with Crippen molar-refractivity contribution < 1.29 is 9.47 Å². The molecule has 4 aromatic rings. The molecule has 0 bridgehead atoms. The average Bonchev–Trinajstić information content (AvgIpc) is 3.10. The third-order valence-corrected chi connectivity index (χ3v) is 8.99. The Hall–Kier alpha value is -5.50. The maximum atomic E-state index is 6.80. The molecule has 4 aliphatic rings. The van der Waals surface area contributed by atoms with E-state index in [-0.39, 0.29) is 12.3 Å². The lowest BCUT2D eigenvalue weighted by Gasteiger charge is -2.41. The topological polar surface area (TPSA) is 64.9 Å². The van der Waals surface area contributed by atoms with Crippen LogP contribution in [0.25, 0.3) is 0 Å². The second-order valence-corrected chi connectivity index (χ2v) is 12.2. The molecule has 2 atom stereocenters. The quantitative estimate of drug-likeness (QED) is 0.191. The lowest BCUT2D eigenvalue weighted by Crippen LogP contribution is -2.30. The number of rotatable bonds is 7. The van der Waals surface area contributed by atoms with Crippen molar-refractivity contribution in [1.82, 2.24) is 9.80 Å². The van der Waals surface area contributed by atoms with Crippen LogP contribution >= 0.6 is 0 Å². The predicted octanol–water partition coefficient (Wildman–Crippen LogP) is 9.90. The zero-order chi connectivity index (χ0) is 31.9. The predicted molar refractivity (Wildman–Crippen MR) is 190 cm³/mol. The van der Waals surface area contributed by atoms with Gasteiger partial charge in [0.25, 0.3) is 0 Å². The summed E-state index contributed by atoms with van der Waals surface area (Å²) in [7, 11) is 2.07. The van der Waals surface area contributed by atoms with Crippen LogP contribution < -0.4 is 19.7 Å². The molecule has 236 valence electrons. The van der Waals surface area contributed by atoms with Gasteiger partial charge in [-0.15, -0.1) is 0 Å². The van der Waals surface area contributed by atoms with E-state index in [1.165, 1.54) is 5.56 Å². The normalized spacial score (nSPS) is 18.5. The van der Waals surface area contributed by atoms with Crippen LogP contribution in [0.5, 0.6) is 23.0 Å². The molecule has 47 heavy (non-hydrogen) atoms. The van der Waals surface area contributed by atoms with E-state index in [0.717, 1.165) is 88.4 Å². The van der Waals surface area contributed by atoms with Gasteiger partial charge < -0.3 is 29.5 Å². The van der Waals surface area contributed by atoms with Crippen LogP contribution in [0.3, 0.4) is 0 Å². The van der Waals surface area contributed by atoms with Crippen molar-refractivity contribution in [2.45, 2.75) is 45.4 Å². The van der Waals surface area contributed by atoms with Crippen LogP contribution in [0.2, 0.25) is 0 Å². The summed E-state index contributed by atoms with van der Waals surface area (Å²) >= 11 is 0. The van der Waals surface area contributed by atoms with Gasteiger partial charge in [0.05, 0.1) is 28.4 Å². The van der Waals surface area contributed by atoms with E-state index in [9.17, 15) is 0 Å². The SMILES string of the molecule is CCCc1ccc2c(c1)Nc1c(cc(C3N=CC=CN3C)c(N3c4ccccc4Oc4ccccc43)c1C1N=CC=CN1CCC)O2. The molecule has 4 heterocycles. The van der Waals surface area contributed by atoms with Crippen molar-refractivity contribution in [3.63, 3.8) is 0 Å². The number of anilines is 5. The van der Waals surface area contributed by atoms with Gasteiger partial charge in [0.1, 0.15) is 6.17 Å². The van der Waals surface area contributed by atoms with Crippen molar-refractivity contribution in [3.05, 3.63) is 114 Å². The van der Waals surface area contributed by atoms with Crippen LogP contribution in [0.4, 0.5) is 28.4 Å². The number of nitrogens with one attached hydrogen (secondary N) is 1. The molecule has 1 N–H and O–H groups in total. The van der Waals surface area contributed by atoms with Crippen LogP contribution in [-0.2, 0) is 6.42 Å². The fraction of sp³-hybridized carbons (Fsp3) is 0.231. The Morgan fingerprint density at radius 2 is 1.45 bits per heavy atom. The minimum Gasteiger partial charge on any atom is -0.453 e. The molecule has 4 aliphatic heterocycles. The van der Waals surface area contributed by atoms with Crippen molar-refractivity contribution >= 4 is 40.9 Å². The number of fused-ring (bicyclic) bond motifs is 4. The van der Waals surface area contributed by atoms with Crippen molar-refractivity contribution in [2.75, 3.05) is 23.8 Å². The van der Waals surface area contributed by atoms with Gasteiger partial charge in [-0.2, -0.15) is 0 Å². The second-order valence-electron chi connectivity index (χ2n) is 12.2. The Balaban J connectivity index is 1.46. The smallest absolute Gasteiger partial charge is 0.152 e. The van der Waals surface area contributed by atoms with Crippen LogP contribution in [0.1, 0.15) is 55.7 Å². The molecule has 0 saturated carbocycles. The number of allylic oxidation sites excluding steroid dienone is 2. The Morgan fingerprint density at radius 3 is 2.17 bits per heavy atom. The van der Waals surface area contributed by atoms with Crippen molar-refractivity contribution in [1.29, 1.82) is 0 Å². The van der Waals surface area contributed by atoms with E-state index in [1.54, 1.807) is 0 Å². The molecule has 0 spiro atoms. The maximum Gasteiger partial charge on any atom is 0.152 e. The van der Waals surface area contributed by atoms with Crippen LogP contribution in [-0.4, -0.2) is 35.8 Å². The third kappa shape index (κ3) is 5.01. The number of hydrogen-bond acceptors (Lipinski definition) is 8. The van der Waals surface area contributed by atoms with Gasteiger partial charge >= 0.3 is 0 Å². The van der Waals surface area contributed by atoms with Gasteiger partial charge in [-0.25, -0.2) is 0 Å². The average molecular weight is 623 g/mol. The molecule has 0 aromatic heterocycles. The van der Waals surface area contributed by atoms with Crippen molar-refractivity contribution in [2.24, 2.45) is 9.98 Å². The minimum atomic E-state index is -0.323. The molecule has 2 unspecified atom stereocenters. The van der Waals surface area contributed by atoms with E-state index in [0.29, 0.717) is 0 Å². The Morgan fingerprint density at radius 1 is 0.745 bits per heavy atom. The number of hydrogen-bond donors (Lipinski definition) is 1. The molecule has 0 aliphatic carbocycles. The largest absolute Gasteiger partial charge is 0.453 e. The van der Waals surface area contributed by atoms with Crippen LogP contribution in [0, 0.1) is 0 Å². The third-order valence-electron chi connectivity index (χ3n) is 8.99. The van der Waals surface area contributed by atoms with Gasteiger partial charge in [0.15, 0.2) is 29.2 Å². The summed E-state index contributed by atoms with van der Waals surface area (Å²) in [5.74, 6) is 3.14. The standard InChI is InChI=1S/C39H38N6O2/c1-4-12-26-17-18-31-28(24-26)42-36-34(46-31)25-27(38-40-19-10-22-43(38)3)37(35(36)39-41-20-11-23-44(39)21-5-2)45-29-13-6-8-15-32(29)47-33-16-9-7-14-30(33)45/h6-11,13-20,22-25,38-39,42H,4-5,12,21H2,1-3H3. The first kappa shape index (κ1) is 28.9. The Labute approximate surface area is 276 Å². The zero-order valence-electron chi connectivity index (χ0n) is 26.9. The van der Waals surface area contributed by atoms with Gasteiger partial charge in [0.2, 0.25) is 0 Å². The van der Waals surface area contributed by atoms with Crippen LogP contribution in [0.15, 0.2) is 107 Å². The van der Waals surface area contributed by atoms with E-state index in [4.69, 9.17) is 19.5 Å². The first-order valence-corrected chi connectivity index (χ1v) is 16.5. The van der Waals surface area contributed by atoms with Gasteiger partial charge in [-0.1, -0.05) is 50.6 Å². The van der Waals surface area contributed by atoms with E-state index in [2.05, 4.69) is 102 Å². The maximum absolute atomic E-state index is 6.80. The van der Waals surface area contributed by atoms with Gasteiger partial charge in [0, 0.05) is 49.5 Å². The number of para-hydroxylation sites is 4. The fourth-order valence-electron chi connectivity index (χ4n) is 6.94.